The van der Waals surface area contributed by atoms with E-state index in [-0.39, 0.29) is 5.91 Å². The van der Waals surface area contributed by atoms with Gasteiger partial charge in [-0.2, -0.15) is 0 Å². The number of anilines is 1. The first-order chi connectivity index (χ1) is 14.5. The summed E-state index contributed by atoms with van der Waals surface area (Å²) in [4.78, 5) is 31.6. The number of methoxy groups -OCH3 is 1. The van der Waals surface area contributed by atoms with Crippen molar-refractivity contribution in [1.82, 2.24) is 9.97 Å². The van der Waals surface area contributed by atoms with Crippen LogP contribution < -0.4 is 15.8 Å². The van der Waals surface area contributed by atoms with Crippen molar-refractivity contribution in [3.05, 3.63) is 62.2 Å². The number of hydrogen-bond acceptors (Lipinski definition) is 7. The van der Waals surface area contributed by atoms with E-state index in [1.165, 1.54) is 22.7 Å². The van der Waals surface area contributed by atoms with Gasteiger partial charge in [-0.05, 0) is 30.3 Å². The first-order valence-corrected chi connectivity index (χ1v) is 10.8. The highest BCUT2D eigenvalue weighted by Crippen LogP contribution is 2.38. The minimum Gasteiger partial charge on any atom is -0.497 e. The van der Waals surface area contributed by atoms with Crippen molar-refractivity contribution in [2.45, 2.75) is 0 Å². The van der Waals surface area contributed by atoms with E-state index in [4.69, 9.17) is 20.8 Å². The molecule has 0 spiro atoms. The average molecular weight is 458 g/mol. The molecule has 3 aromatic heterocycles. The minimum absolute atomic E-state index is 0.326. The van der Waals surface area contributed by atoms with Crippen LogP contribution in [0.3, 0.4) is 0 Å². The number of ether oxygens (including phenoxy) is 1. The topological polar surface area (TPSA) is 97.2 Å². The normalized spacial score (nSPS) is 11.3. The number of thiazole rings is 1. The van der Waals surface area contributed by atoms with Gasteiger partial charge in [0.15, 0.2) is 10.7 Å². The van der Waals surface area contributed by atoms with Gasteiger partial charge in [0, 0.05) is 21.0 Å². The van der Waals surface area contributed by atoms with Crippen molar-refractivity contribution >= 4 is 66.5 Å². The molecule has 0 aliphatic heterocycles. The Balaban J connectivity index is 1.41. The molecule has 1 amide bonds. The summed E-state index contributed by atoms with van der Waals surface area (Å²) in [6, 6.07) is 10.8. The number of aromatic nitrogens is 2. The molecule has 7 nitrogen and oxygen atoms in total. The minimum atomic E-state index is -0.508. The molecule has 0 saturated heterocycles. The van der Waals surface area contributed by atoms with E-state index >= 15 is 0 Å². The number of carbonyl (C=O) groups excluding carboxylic acids is 1. The zero-order valence-corrected chi connectivity index (χ0v) is 17.7. The number of rotatable bonds is 4. The van der Waals surface area contributed by atoms with Crippen molar-refractivity contribution in [2.75, 3.05) is 12.4 Å². The molecule has 5 rings (SSSR count). The van der Waals surface area contributed by atoms with E-state index in [1.54, 1.807) is 19.2 Å². The summed E-state index contributed by atoms with van der Waals surface area (Å²) in [6.45, 7) is 0. The van der Waals surface area contributed by atoms with Crippen LogP contribution >= 0.6 is 34.3 Å². The van der Waals surface area contributed by atoms with Gasteiger partial charge in [0.1, 0.15) is 10.6 Å². The summed E-state index contributed by atoms with van der Waals surface area (Å²) in [5, 5.41) is 6.22. The fourth-order valence-electron chi connectivity index (χ4n) is 3.04. The molecule has 150 valence electrons. The largest absolute Gasteiger partial charge is 0.497 e. The molecule has 10 heteroatoms. The van der Waals surface area contributed by atoms with E-state index in [0.29, 0.717) is 37.6 Å². The van der Waals surface area contributed by atoms with E-state index in [9.17, 15) is 9.59 Å². The quantitative estimate of drug-likeness (QED) is 0.378. The summed E-state index contributed by atoms with van der Waals surface area (Å²) < 4.78 is 11.2. The Bertz CT molecular complexity index is 1480. The SMILES string of the molecule is COc1ccc2sc(C(=O)Nc3nc(-c4ccc5[nH]c(=O)oc5c4)cs3)c(Cl)c2c1. The summed E-state index contributed by atoms with van der Waals surface area (Å²) >= 11 is 9.05. The number of fused-ring (bicyclic) bond motifs is 2. The van der Waals surface area contributed by atoms with Crippen LogP contribution in [0.25, 0.3) is 32.4 Å². The van der Waals surface area contributed by atoms with Gasteiger partial charge in [0.25, 0.3) is 5.91 Å². The number of oxazole rings is 1. The number of thiophene rings is 1. The molecule has 0 radical (unpaired) electrons. The van der Waals surface area contributed by atoms with Crippen molar-refractivity contribution in [3.8, 4) is 17.0 Å². The third-order valence-corrected chi connectivity index (χ3v) is 6.91. The Labute approximate surface area is 181 Å². The number of aromatic amines is 1. The second-order valence-electron chi connectivity index (χ2n) is 6.32. The molecule has 3 heterocycles. The monoisotopic (exact) mass is 457 g/mol. The first-order valence-electron chi connectivity index (χ1n) is 8.68. The van der Waals surface area contributed by atoms with E-state index < -0.39 is 5.76 Å². The fraction of sp³-hybridized carbons (Fsp3) is 0.0500. The van der Waals surface area contributed by atoms with Crippen molar-refractivity contribution in [2.24, 2.45) is 0 Å². The lowest BCUT2D eigenvalue weighted by atomic mass is 10.1. The summed E-state index contributed by atoms with van der Waals surface area (Å²) in [5.74, 6) is -0.159. The maximum absolute atomic E-state index is 12.8. The summed E-state index contributed by atoms with van der Waals surface area (Å²) in [5.41, 5.74) is 2.49. The number of benzene rings is 2. The third kappa shape index (κ3) is 3.26. The number of nitrogens with zero attached hydrogens (tertiary/aromatic N) is 1. The molecule has 30 heavy (non-hydrogen) atoms. The third-order valence-electron chi connectivity index (χ3n) is 4.48. The molecular formula is C20H12ClN3O4S2. The Kier molecular flexibility index (Phi) is 4.58. The maximum Gasteiger partial charge on any atom is 0.417 e. The van der Waals surface area contributed by atoms with Gasteiger partial charge in [-0.25, -0.2) is 9.78 Å². The molecule has 0 fully saturated rings. The van der Waals surface area contributed by atoms with Crippen LogP contribution in [0.15, 0.2) is 51.0 Å². The molecule has 0 bridgehead atoms. The predicted octanol–water partition coefficient (Wildman–Crippen LogP) is 5.37. The van der Waals surface area contributed by atoms with Crippen LogP contribution in [-0.4, -0.2) is 23.0 Å². The second-order valence-corrected chi connectivity index (χ2v) is 8.61. The second kappa shape index (κ2) is 7.28. The molecule has 0 aliphatic rings. The van der Waals surface area contributed by atoms with Crippen molar-refractivity contribution in [1.29, 1.82) is 0 Å². The van der Waals surface area contributed by atoms with Gasteiger partial charge >= 0.3 is 5.76 Å². The Morgan fingerprint density at radius 2 is 2.13 bits per heavy atom. The summed E-state index contributed by atoms with van der Waals surface area (Å²) in [6.07, 6.45) is 0. The van der Waals surface area contributed by atoms with Gasteiger partial charge in [-0.1, -0.05) is 17.7 Å². The van der Waals surface area contributed by atoms with E-state index in [1.807, 2.05) is 29.6 Å². The Morgan fingerprint density at radius 3 is 2.97 bits per heavy atom. The molecular weight excluding hydrogens is 446 g/mol. The maximum atomic E-state index is 12.8. The van der Waals surface area contributed by atoms with Gasteiger partial charge < -0.3 is 9.15 Å². The van der Waals surface area contributed by atoms with Crippen LogP contribution in [0.4, 0.5) is 5.13 Å². The highest BCUT2D eigenvalue weighted by molar-refractivity contribution is 7.22. The average Bonchev–Trinajstić information content (AvgIpc) is 3.43. The summed E-state index contributed by atoms with van der Waals surface area (Å²) in [7, 11) is 1.58. The lowest BCUT2D eigenvalue weighted by Gasteiger charge is -2.00. The number of halogens is 1. The Morgan fingerprint density at radius 1 is 1.27 bits per heavy atom. The number of H-pyrrole nitrogens is 1. The number of amides is 1. The molecule has 0 aliphatic carbocycles. The smallest absolute Gasteiger partial charge is 0.417 e. The molecule has 2 N–H and O–H groups in total. The molecule has 5 aromatic rings. The molecule has 0 unspecified atom stereocenters. The fourth-order valence-corrected chi connectivity index (χ4v) is 5.14. The van der Waals surface area contributed by atoms with Crippen molar-refractivity contribution < 1.29 is 13.9 Å². The van der Waals surface area contributed by atoms with Gasteiger partial charge in [0.2, 0.25) is 0 Å². The van der Waals surface area contributed by atoms with Crippen LogP contribution in [0.2, 0.25) is 5.02 Å². The van der Waals surface area contributed by atoms with Crippen LogP contribution in [-0.2, 0) is 0 Å². The first kappa shape index (κ1) is 18.9. The van der Waals surface area contributed by atoms with Gasteiger partial charge in [-0.15, -0.1) is 22.7 Å². The van der Waals surface area contributed by atoms with Crippen LogP contribution in [0.1, 0.15) is 9.67 Å². The molecule has 0 saturated carbocycles. The van der Waals surface area contributed by atoms with Crippen LogP contribution in [0.5, 0.6) is 5.75 Å². The van der Waals surface area contributed by atoms with Crippen molar-refractivity contribution in [3.63, 3.8) is 0 Å². The van der Waals surface area contributed by atoms with E-state index in [0.717, 1.165) is 15.6 Å². The molecule has 0 atom stereocenters. The lowest BCUT2D eigenvalue weighted by molar-refractivity contribution is 0.103. The highest BCUT2D eigenvalue weighted by Gasteiger charge is 2.19. The number of carbonyl (C=O) groups is 1. The van der Waals surface area contributed by atoms with Gasteiger partial charge in [0.05, 0.1) is 23.3 Å². The van der Waals surface area contributed by atoms with Gasteiger partial charge in [-0.3, -0.25) is 15.1 Å². The number of hydrogen-bond donors (Lipinski definition) is 2. The zero-order valence-electron chi connectivity index (χ0n) is 15.3. The standard InChI is InChI=1S/C20H12ClN3O4S2/c1-27-10-3-5-15-11(7-10)16(21)17(30-15)18(25)24-19-22-13(8-29-19)9-2-4-12-14(6-9)28-20(26)23-12/h2-8H,1H3,(H,23,26)(H,22,24,25). The predicted molar refractivity (Wildman–Crippen MR) is 119 cm³/mol. The van der Waals surface area contributed by atoms with Crippen LogP contribution in [0, 0.1) is 0 Å². The highest BCUT2D eigenvalue weighted by atomic mass is 35.5. The lowest BCUT2D eigenvalue weighted by Crippen LogP contribution is -2.10. The molecule has 2 aromatic carbocycles. The number of nitrogens with one attached hydrogen (secondary N) is 2. The van der Waals surface area contributed by atoms with E-state index in [2.05, 4.69) is 15.3 Å². The Hall–Kier alpha value is -3.14. The zero-order chi connectivity index (χ0) is 20.8.